The summed E-state index contributed by atoms with van der Waals surface area (Å²) in [6.07, 6.45) is 3.06. The maximum atomic E-state index is 13.2. The minimum absolute atomic E-state index is 0.261. The third kappa shape index (κ3) is 3.59. The van der Waals surface area contributed by atoms with E-state index in [0.29, 0.717) is 30.4 Å². The molecular weight excluding hydrogens is 295 g/mol. The molecule has 0 amide bonds. The Balaban J connectivity index is 2.02. The molecule has 1 saturated carbocycles. The smallest absolute Gasteiger partial charge is 0.153 e. The number of hydrogen-bond acceptors (Lipinski definition) is 3. The third-order valence-electron chi connectivity index (χ3n) is 4.03. The Bertz CT molecular complexity index is 691. The first-order valence-corrected chi connectivity index (χ1v) is 7.73. The van der Waals surface area contributed by atoms with Gasteiger partial charge in [-0.1, -0.05) is 12.1 Å². The van der Waals surface area contributed by atoms with Gasteiger partial charge in [0.1, 0.15) is 18.2 Å². The van der Waals surface area contributed by atoms with E-state index in [0.717, 1.165) is 35.8 Å². The number of benzene rings is 2. The van der Waals surface area contributed by atoms with Crippen LogP contribution < -0.4 is 4.74 Å². The van der Waals surface area contributed by atoms with Gasteiger partial charge in [-0.25, -0.2) is 4.39 Å². The van der Waals surface area contributed by atoms with E-state index >= 15 is 0 Å². The highest BCUT2D eigenvalue weighted by atomic mass is 19.1. The normalized spacial score (nSPS) is 13.8. The van der Waals surface area contributed by atoms with Crippen molar-refractivity contribution in [1.29, 1.82) is 0 Å². The molecule has 0 aliphatic heterocycles. The van der Waals surface area contributed by atoms with Crippen LogP contribution in [0.3, 0.4) is 0 Å². The van der Waals surface area contributed by atoms with Crippen molar-refractivity contribution in [2.75, 3.05) is 20.3 Å². The number of halogens is 1. The highest BCUT2D eigenvalue weighted by molar-refractivity contribution is 5.84. The van der Waals surface area contributed by atoms with E-state index in [1.807, 2.05) is 12.1 Å². The van der Waals surface area contributed by atoms with Crippen molar-refractivity contribution in [3.05, 3.63) is 53.3 Å². The Morgan fingerprint density at radius 2 is 1.91 bits per heavy atom. The Labute approximate surface area is 135 Å². The van der Waals surface area contributed by atoms with Crippen LogP contribution >= 0.6 is 0 Å². The van der Waals surface area contributed by atoms with Crippen molar-refractivity contribution in [1.82, 2.24) is 0 Å². The molecule has 0 N–H and O–H groups in total. The lowest BCUT2D eigenvalue weighted by atomic mass is 9.94. The number of methoxy groups -OCH3 is 1. The molecule has 4 heteroatoms. The first-order valence-electron chi connectivity index (χ1n) is 7.73. The molecule has 3 nitrogen and oxygen atoms in total. The molecular formula is C19H19FO3. The molecule has 2 aromatic carbocycles. The van der Waals surface area contributed by atoms with Crippen molar-refractivity contribution < 1.29 is 18.7 Å². The number of ether oxygens (including phenoxy) is 2. The Morgan fingerprint density at radius 3 is 2.52 bits per heavy atom. The molecule has 0 unspecified atom stereocenters. The number of carbonyl (C=O) groups is 1. The summed E-state index contributed by atoms with van der Waals surface area (Å²) in [6, 6.07) is 10.2. The Kier molecular flexibility index (Phi) is 4.72. The van der Waals surface area contributed by atoms with Crippen LogP contribution in [0.2, 0.25) is 0 Å². The average Bonchev–Trinajstić information content (AvgIpc) is 3.40. The number of carbonyl (C=O) groups excluding carboxylic acids is 1. The number of aldehydes is 1. The summed E-state index contributed by atoms with van der Waals surface area (Å²) >= 11 is 0. The zero-order chi connectivity index (χ0) is 16.2. The van der Waals surface area contributed by atoms with E-state index in [9.17, 15) is 9.18 Å². The van der Waals surface area contributed by atoms with Crippen LogP contribution in [0.25, 0.3) is 11.1 Å². The fraction of sp³-hybridized carbons (Fsp3) is 0.316. The Hall–Kier alpha value is -2.20. The molecule has 0 spiro atoms. The van der Waals surface area contributed by atoms with E-state index in [-0.39, 0.29) is 5.82 Å². The second kappa shape index (κ2) is 6.92. The van der Waals surface area contributed by atoms with Crippen LogP contribution in [0.15, 0.2) is 36.4 Å². The van der Waals surface area contributed by atoms with E-state index in [1.165, 1.54) is 12.1 Å². The van der Waals surface area contributed by atoms with Gasteiger partial charge in [-0.3, -0.25) is 4.79 Å². The van der Waals surface area contributed by atoms with Gasteiger partial charge >= 0.3 is 0 Å². The van der Waals surface area contributed by atoms with Crippen molar-refractivity contribution in [3.63, 3.8) is 0 Å². The molecule has 1 aliphatic rings. The summed E-state index contributed by atoms with van der Waals surface area (Å²) in [6.45, 7) is 0.831. The minimum Gasteiger partial charge on any atom is -0.490 e. The second-order valence-corrected chi connectivity index (χ2v) is 5.72. The van der Waals surface area contributed by atoms with Crippen LogP contribution in [0.4, 0.5) is 4.39 Å². The zero-order valence-corrected chi connectivity index (χ0v) is 13.0. The van der Waals surface area contributed by atoms with E-state index < -0.39 is 0 Å². The van der Waals surface area contributed by atoms with Gasteiger partial charge in [0.15, 0.2) is 6.29 Å². The summed E-state index contributed by atoms with van der Waals surface area (Å²) < 4.78 is 23.9. The predicted octanol–water partition coefficient (Wildman–Crippen LogP) is 4.21. The molecule has 3 rings (SSSR count). The Morgan fingerprint density at radius 1 is 1.17 bits per heavy atom. The first kappa shape index (κ1) is 15.7. The van der Waals surface area contributed by atoms with E-state index in [4.69, 9.17) is 9.47 Å². The van der Waals surface area contributed by atoms with Crippen LogP contribution in [0.5, 0.6) is 5.75 Å². The van der Waals surface area contributed by atoms with Crippen molar-refractivity contribution in [3.8, 4) is 16.9 Å². The lowest BCUT2D eigenvalue weighted by molar-refractivity contribution is 0.111. The molecule has 23 heavy (non-hydrogen) atoms. The molecule has 0 radical (unpaired) electrons. The molecule has 120 valence electrons. The molecule has 0 atom stereocenters. The van der Waals surface area contributed by atoms with Crippen molar-refractivity contribution in [2.24, 2.45) is 0 Å². The fourth-order valence-corrected chi connectivity index (χ4v) is 2.68. The van der Waals surface area contributed by atoms with E-state index in [1.54, 1.807) is 19.2 Å². The second-order valence-electron chi connectivity index (χ2n) is 5.72. The van der Waals surface area contributed by atoms with Gasteiger partial charge in [0.2, 0.25) is 0 Å². The molecule has 0 heterocycles. The lowest BCUT2D eigenvalue weighted by Gasteiger charge is -2.15. The largest absolute Gasteiger partial charge is 0.490 e. The molecule has 1 aliphatic carbocycles. The quantitative estimate of drug-likeness (QED) is 0.567. The number of hydrogen-bond donors (Lipinski definition) is 0. The summed E-state index contributed by atoms with van der Waals surface area (Å²) in [7, 11) is 1.60. The summed E-state index contributed by atoms with van der Waals surface area (Å²) in [5.74, 6) is 0.755. The fourth-order valence-electron chi connectivity index (χ4n) is 2.68. The lowest BCUT2D eigenvalue weighted by Crippen LogP contribution is -2.06. The summed E-state index contributed by atoms with van der Waals surface area (Å²) in [5.41, 5.74) is 3.62. The standard InChI is InChI=1S/C19H19FO3/c1-22-8-9-23-19-11-18(14-4-6-16(20)7-5-14)17(13-2-3-13)10-15(19)12-21/h4-7,10-13H,2-3,8-9H2,1H3. The van der Waals surface area contributed by atoms with Gasteiger partial charge in [0, 0.05) is 7.11 Å². The van der Waals surface area contributed by atoms with Gasteiger partial charge in [0.25, 0.3) is 0 Å². The minimum atomic E-state index is -0.261. The topological polar surface area (TPSA) is 35.5 Å². The SMILES string of the molecule is COCCOc1cc(-c2ccc(F)cc2)c(C2CC2)cc1C=O. The molecule has 1 fully saturated rings. The third-order valence-corrected chi connectivity index (χ3v) is 4.03. The zero-order valence-electron chi connectivity index (χ0n) is 13.0. The first-order chi connectivity index (χ1) is 11.2. The van der Waals surface area contributed by atoms with Gasteiger partial charge in [-0.2, -0.15) is 0 Å². The van der Waals surface area contributed by atoms with Crippen LogP contribution in [-0.4, -0.2) is 26.6 Å². The highest BCUT2D eigenvalue weighted by Gasteiger charge is 2.28. The predicted molar refractivity (Wildman–Crippen MR) is 86.6 cm³/mol. The maximum absolute atomic E-state index is 13.2. The number of rotatable bonds is 7. The summed E-state index contributed by atoms with van der Waals surface area (Å²) in [5, 5.41) is 0. The molecule has 0 saturated heterocycles. The summed E-state index contributed by atoms with van der Waals surface area (Å²) in [4.78, 5) is 11.4. The van der Waals surface area contributed by atoms with Crippen LogP contribution in [-0.2, 0) is 4.74 Å². The van der Waals surface area contributed by atoms with Gasteiger partial charge in [-0.15, -0.1) is 0 Å². The van der Waals surface area contributed by atoms with Crippen molar-refractivity contribution >= 4 is 6.29 Å². The monoisotopic (exact) mass is 314 g/mol. The van der Waals surface area contributed by atoms with Gasteiger partial charge in [0.05, 0.1) is 12.2 Å². The van der Waals surface area contributed by atoms with Crippen LogP contribution in [0.1, 0.15) is 34.7 Å². The van der Waals surface area contributed by atoms with Gasteiger partial charge < -0.3 is 9.47 Å². The van der Waals surface area contributed by atoms with Crippen LogP contribution in [0, 0.1) is 5.82 Å². The molecule has 0 aromatic heterocycles. The maximum Gasteiger partial charge on any atom is 0.153 e. The highest BCUT2D eigenvalue weighted by Crippen LogP contribution is 2.46. The average molecular weight is 314 g/mol. The van der Waals surface area contributed by atoms with Gasteiger partial charge in [-0.05, 0) is 59.7 Å². The van der Waals surface area contributed by atoms with Crippen molar-refractivity contribution in [2.45, 2.75) is 18.8 Å². The molecule has 0 bridgehead atoms. The molecule has 2 aromatic rings. The van der Waals surface area contributed by atoms with E-state index in [2.05, 4.69) is 0 Å².